The Bertz CT molecular complexity index is 55.0. The summed E-state index contributed by atoms with van der Waals surface area (Å²) in [6.45, 7) is 0.222. The lowest BCUT2D eigenvalue weighted by atomic mass is 10.8. The minimum Gasteiger partial charge on any atom is -0.483 e. The van der Waals surface area contributed by atoms with Crippen LogP contribution in [0.15, 0.2) is 0 Å². The van der Waals surface area contributed by atoms with E-state index >= 15 is 0 Å². The Labute approximate surface area is 67.4 Å². The van der Waals surface area contributed by atoms with E-state index in [1.54, 1.807) is 0 Å². The third-order valence-electron chi connectivity index (χ3n) is 0.129. The van der Waals surface area contributed by atoms with Gasteiger partial charge < -0.3 is 20.8 Å². The molecule has 0 radical (unpaired) electrons. The number of carbonyl (C=O) groups is 1. The third kappa shape index (κ3) is 4120. The van der Waals surface area contributed by atoms with Crippen molar-refractivity contribution in [3.63, 3.8) is 0 Å². The van der Waals surface area contributed by atoms with Crippen LogP contribution in [-0.2, 0) is 4.79 Å². The van der Waals surface area contributed by atoms with Gasteiger partial charge >= 0.3 is 0 Å². The maximum absolute atomic E-state index is 8.36. The van der Waals surface area contributed by atoms with Gasteiger partial charge in [-0.05, 0) is 21.1 Å². The summed E-state index contributed by atoms with van der Waals surface area (Å²) in [5, 5.41) is 14.6. The van der Waals surface area contributed by atoms with E-state index in [2.05, 4.69) is 0 Å². The van der Waals surface area contributed by atoms with Gasteiger partial charge in [0.05, 0.1) is 6.61 Å². The second-order valence-electron chi connectivity index (χ2n) is 1.96. The van der Waals surface area contributed by atoms with Gasteiger partial charge in [0.15, 0.2) is 0 Å². The molecule has 0 rings (SSSR count). The average molecular weight is 166 g/mol. The van der Waals surface area contributed by atoms with E-state index in [4.69, 9.17) is 20.7 Å². The van der Waals surface area contributed by atoms with Gasteiger partial charge in [-0.1, -0.05) is 0 Å². The monoisotopic (exact) mass is 166 g/mol. The summed E-state index contributed by atoms with van der Waals surface area (Å²) in [6.07, 6.45) is 0. The van der Waals surface area contributed by atoms with Crippen molar-refractivity contribution >= 4 is 6.47 Å². The lowest BCUT2D eigenvalue weighted by molar-refractivity contribution is -0.122. The van der Waals surface area contributed by atoms with E-state index < -0.39 is 0 Å². The number of aliphatic hydroxyl groups excluding tert-OH is 1. The molecule has 0 aromatic heterocycles. The number of hydrogen-bond donors (Lipinski definition) is 3. The molecule has 0 aliphatic carbocycles. The molecular formula is C6H18N2O3. The lowest BCUT2D eigenvalue weighted by Gasteiger charge is -1.90. The molecule has 0 aromatic rings. The van der Waals surface area contributed by atoms with E-state index in [9.17, 15) is 0 Å². The lowest BCUT2D eigenvalue weighted by Crippen LogP contribution is -2.02. The van der Waals surface area contributed by atoms with Gasteiger partial charge in [-0.2, -0.15) is 0 Å². The summed E-state index contributed by atoms with van der Waals surface area (Å²) in [5.74, 6) is 0. The highest BCUT2D eigenvalue weighted by atomic mass is 16.3. The van der Waals surface area contributed by atoms with E-state index in [1.165, 1.54) is 0 Å². The van der Waals surface area contributed by atoms with E-state index in [0.29, 0.717) is 6.54 Å². The van der Waals surface area contributed by atoms with Gasteiger partial charge in [-0.15, -0.1) is 0 Å². The topological polar surface area (TPSA) is 86.8 Å². The minimum atomic E-state index is -0.250. The van der Waals surface area contributed by atoms with Crippen LogP contribution in [0.2, 0.25) is 0 Å². The van der Waals surface area contributed by atoms with Crippen molar-refractivity contribution in [2.75, 3.05) is 34.3 Å². The first-order valence-electron chi connectivity index (χ1n) is 3.06. The Morgan fingerprint density at radius 2 is 1.55 bits per heavy atom. The summed E-state index contributed by atoms with van der Waals surface area (Å²) in [6, 6.07) is 0. The molecule has 0 saturated heterocycles. The molecule has 0 aliphatic heterocycles. The van der Waals surface area contributed by atoms with Crippen molar-refractivity contribution in [2.24, 2.45) is 5.73 Å². The SMILES string of the molecule is CN(C)C.NCCO.O=CO. The molecule has 70 valence electrons. The zero-order valence-corrected chi connectivity index (χ0v) is 7.32. The molecule has 0 unspecified atom stereocenters. The molecule has 0 amide bonds. The maximum Gasteiger partial charge on any atom is 0.290 e. The van der Waals surface area contributed by atoms with E-state index in [0.717, 1.165) is 0 Å². The largest absolute Gasteiger partial charge is 0.483 e. The van der Waals surface area contributed by atoms with Gasteiger partial charge in [0, 0.05) is 6.54 Å². The van der Waals surface area contributed by atoms with Crippen molar-refractivity contribution in [3.8, 4) is 0 Å². The van der Waals surface area contributed by atoms with Crippen LogP contribution < -0.4 is 5.73 Å². The van der Waals surface area contributed by atoms with Crippen LogP contribution in [0.1, 0.15) is 0 Å². The number of aliphatic hydroxyl groups is 1. The predicted octanol–water partition coefficient (Wildman–Crippen LogP) is -1.18. The van der Waals surface area contributed by atoms with Crippen LogP contribution in [0.3, 0.4) is 0 Å². The van der Waals surface area contributed by atoms with Crippen LogP contribution in [-0.4, -0.2) is 55.9 Å². The van der Waals surface area contributed by atoms with Crippen LogP contribution >= 0.6 is 0 Å². The van der Waals surface area contributed by atoms with E-state index in [1.807, 2.05) is 26.0 Å². The molecule has 0 heterocycles. The fourth-order valence-electron chi connectivity index (χ4n) is 0. The number of nitrogens with zero attached hydrogens (tertiary/aromatic N) is 1. The van der Waals surface area contributed by atoms with Crippen LogP contribution in [0.25, 0.3) is 0 Å². The van der Waals surface area contributed by atoms with E-state index in [-0.39, 0.29) is 13.1 Å². The minimum absolute atomic E-state index is 0.0972. The zero-order chi connectivity index (χ0) is 9.70. The molecule has 11 heavy (non-hydrogen) atoms. The Morgan fingerprint density at radius 3 is 1.55 bits per heavy atom. The Morgan fingerprint density at radius 1 is 1.45 bits per heavy atom. The van der Waals surface area contributed by atoms with Crippen molar-refractivity contribution in [2.45, 2.75) is 0 Å². The van der Waals surface area contributed by atoms with Crippen LogP contribution in [0.5, 0.6) is 0 Å². The Balaban J connectivity index is -0.0000000886. The molecular weight excluding hydrogens is 148 g/mol. The summed E-state index contributed by atoms with van der Waals surface area (Å²) in [5.41, 5.74) is 4.78. The summed E-state index contributed by atoms with van der Waals surface area (Å²) < 4.78 is 0. The van der Waals surface area contributed by atoms with Gasteiger partial charge in [-0.25, -0.2) is 0 Å². The predicted molar refractivity (Wildman–Crippen MR) is 44.4 cm³/mol. The molecule has 0 atom stereocenters. The highest BCUT2D eigenvalue weighted by Crippen LogP contribution is 1.47. The number of hydrogen-bond acceptors (Lipinski definition) is 4. The smallest absolute Gasteiger partial charge is 0.290 e. The average Bonchev–Trinajstić information content (AvgIpc) is 1.88. The first-order valence-corrected chi connectivity index (χ1v) is 3.06. The molecule has 0 aromatic carbocycles. The molecule has 4 N–H and O–H groups in total. The third-order valence-corrected chi connectivity index (χ3v) is 0.129. The number of rotatable bonds is 1. The van der Waals surface area contributed by atoms with Crippen molar-refractivity contribution in [1.29, 1.82) is 0 Å². The summed E-state index contributed by atoms with van der Waals surface area (Å²) in [7, 11) is 6.00. The molecule has 5 nitrogen and oxygen atoms in total. The molecule has 0 saturated carbocycles. The summed E-state index contributed by atoms with van der Waals surface area (Å²) >= 11 is 0. The van der Waals surface area contributed by atoms with Crippen molar-refractivity contribution in [3.05, 3.63) is 0 Å². The van der Waals surface area contributed by atoms with Gasteiger partial charge in [0.25, 0.3) is 6.47 Å². The Kier molecular flexibility index (Phi) is 34.7. The number of carboxylic acid groups (broad SMARTS) is 1. The molecule has 0 bridgehead atoms. The maximum atomic E-state index is 8.36. The molecule has 5 heteroatoms. The highest BCUT2D eigenvalue weighted by Gasteiger charge is 1.58. The zero-order valence-electron chi connectivity index (χ0n) is 7.32. The molecule has 0 fully saturated rings. The second-order valence-corrected chi connectivity index (χ2v) is 1.96. The molecule has 0 spiro atoms. The quantitative estimate of drug-likeness (QED) is 0.427. The first kappa shape index (κ1) is 16.7. The van der Waals surface area contributed by atoms with Crippen molar-refractivity contribution < 1.29 is 15.0 Å². The normalized spacial score (nSPS) is 7.09. The first-order chi connectivity index (χ1) is 5.06. The summed E-state index contributed by atoms with van der Waals surface area (Å²) in [4.78, 5) is 10.4. The fourth-order valence-corrected chi connectivity index (χ4v) is 0. The highest BCUT2D eigenvalue weighted by molar-refractivity contribution is 5.32. The van der Waals surface area contributed by atoms with Gasteiger partial charge in [0.2, 0.25) is 0 Å². The standard InChI is InChI=1S/C3H9N.C2H7NO.CH2O2/c1-4(2)3;3-1-2-4;2-1-3/h1-3H3;4H,1-3H2;1H,(H,2,3). The Hall–Kier alpha value is -0.650. The fraction of sp³-hybridized carbons (Fsp3) is 0.833. The van der Waals surface area contributed by atoms with Crippen molar-refractivity contribution in [1.82, 2.24) is 4.90 Å². The molecule has 0 aliphatic rings. The van der Waals surface area contributed by atoms with Crippen LogP contribution in [0.4, 0.5) is 0 Å². The van der Waals surface area contributed by atoms with Gasteiger partial charge in [0.1, 0.15) is 0 Å². The second kappa shape index (κ2) is 22.8. The number of nitrogens with two attached hydrogens (primary N) is 1. The van der Waals surface area contributed by atoms with Gasteiger partial charge in [-0.3, -0.25) is 4.79 Å². The van der Waals surface area contributed by atoms with Crippen LogP contribution in [0, 0.1) is 0 Å².